The van der Waals surface area contributed by atoms with Crippen LogP contribution >= 0.6 is 0 Å². The number of aryl methyl sites for hydroxylation is 1. The van der Waals surface area contributed by atoms with Crippen LogP contribution in [0.2, 0.25) is 0 Å². The van der Waals surface area contributed by atoms with Crippen LogP contribution in [0.5, 0.6) is 0 Å². The lowest BCUT2D eigenvalue weighted by Crippen LogP contribution is -2.66. The van der Waals surface area contributed by atoms with Gasteiger partial charge in [0.25, 0.3) is 0 Å². The van der Waals surface area contributed by atoms with Crippen LogP contribution in [0.25, 0.3) is 0 Å². The van der Waals surface area contributed by atoms with E-state index in [2.05, 4.69) is 30.2 Å². The lowest BCUT2D eigenvalue weighted by Gasteiger charge is -2.61. The molecule has 2 aliphatic rings. The van der Waals surface area contributed by atoms with Crippen molar-refractivity contribution in [2.24, 2.45) is 5.41 Å². The third kappa shape index (κ3) is 2.19. The van der Waals surface area contributed by atoms with E-state index in [4.69, 9.17) is 4.74 Å². The van der Waals surface area contributed by atoms with Gasteiger partial charge in [-0.15, -0.1) is 0 Å². The molecule has 2 saturated carbocycles. The minimum atomic E-state index is 0.443. The highest BCUT2D eigenvalue weighted by atomic mass is 16.5. The van der Waals surface area contributed by atoms with Gasteiger partial charge < -0.3 is 10.1 Å². The van der Waals surface area contributed by atoms with Gasteiger partial charge in [-0.25, -0.2) is 0 Å². The highest BCUT2D eigenvalue weighted by molar-refractivity contribution is 5.18. The Bertz CT molecular complexity index is 442. The van der Waals surface area contributed by atoms with Crippen molar-refractivity contribution in [3.63, 3.8) is 0 Å². The molecular weight excluding hydrogens is 236 g/mol. The Morgan fingerprint density at radius 3 is 2.95 bits per heavy atom. The Morgan fingerprint density at radius 2 is 2.32 bits per heavy atom. The van der Waals surface area contributed by atoms with E-state index < -0.39 is 0 Å². The van der Waals surface area contributed by atoms with E-state index in [0.29, 0.717) is 17.6 Å². The molecule has 3 nitrogen and oxygen atoms in total. The van der Waals surface area contributed by atoms with Crippen LogP contribution in [0.4, 0.5) is 0 Å². The third-order valence-corrected chi connectivity index (χ3v) is 5.07. The molecule has 19 heavy (non-hydrogen) atoms. The van der Waals surface area contributed by atoms with E-state index in [1.807, 2.05) is 12.3 Å². The van der Waals surface area contributed by atoms with Crippen molar-refractivity contribution in [2.75, 3.05) is 6.61 Å². The fourth-order valence-corrected chi connectivity index (χ4v) is 3.65. The van der Waals surface area contributed by atoms with Crippen LogP contribution in [-0.2, 0) is 11.3 Å². The summed E-state index contributed by atoms with van der Waals surface area (Å²) < 4.78 is 5.89. The largest absolute Gasteiger partial charge is 0.378 e. The second kappa shape index (κ2) is 5.22. The van der Waals surface area contributed by atoms with E-state index in [0.717, 1.165) is 13.2 Å². The van der Waals surface area contributed by atoms with Gasteiger partial charge in [0.15, 0.2) is 0 Å². The number of hydrogen-bond donors (Lipinski definition) is 1. The van der Waals surface area contributed by atoms with Crippen molar-refractivity contribution in [3.8, 4) is 0 Å². The zero-order valence-electron chi connectivity index (χ0n) is 12.0. The van der Waals surface area contributed by atoms with Crippen molar-refractivity contribution in [3.05, 3.63) is 29.6 Å². The van der Waals surface area contributed by atoms with Crippen molar-refractivity contribution in [2.45, 2.75) is 58.2 Å². The number of ether oxygens (including phenoxy) is 1. The molecule has 0 saturated heterocycles. The minimum absolute atomic E-state index is 0.443. The summed E-state index contributed by atoms with van der Waals surface area (Å²) in [6.07, 6.45) is 7.57. The molecule has 3 rings (SSSR count). The third-order valence-electron chi connectivity index (χ3n) is 5.07. The van der Waals surface area contributed by atoms with Gasteiger partial charge in [-0.1, -0.05) is 12.5 Å². The summed E-state index contributed by atoms with van der Waals surface area (Å²) in [5.74, 6) is 0. The Balaban J connectivity index is 1.58. The monoisotopic (exact) mass is 260 g/mol. The topological polar surface area (TPSA) is 34.1 Å². The second-order valence-electron chi connectivity index (χ2n) is 5.97. The fraction of sp³-hybridized carbons (Fsp3) is 0.688. The molecule has 0 aromatic carbocycles. The summed E-state index contributed by atoms with van der Waals surface area (Å²) in [4.78, 5) is 4.46. The van der Waals surface area contributed by atoms with Crippen LogP contribution in [0, 0.1) is 12.3 Å². The zero-order chi connectivity index (χ0) is 13.3. The number of rotatable bonds is 5. The van der Waals surface area contributed by atoms with Crippen LogP contribution in [0.3, 0.4) is 0 Å². The van der Waals surface area contributed by atoms with E-state index in [9.17, 15) is 0 Å². The molecule has 1 N–H and O–H groups in total. The van der Waals surface area contributed by atoms with Crippen LogP contribution in [-0.4, -0.2) is 23.7 Å². The summed E-state index contributed by atoms with van der Waals surface area (Å²) in [7, 11) is 0. The van der Waals surface area contributed by atoms with Crippen LogP contribution in [0.15, 0.2) is 18.3 Å². The Labute approximate surface area is 115 Å². The molecular formula is C16H24N2O. The quantitative estimate of drug-likeness (QED) is 0.884. The molecule has 0 bridgehead atoms. The first-order chi connectivity index (χ1) is 9.26. The second-order valence-corrected chi connectivity index (χ2v) is 5.97. The summed E-state index contributed by atoms with van der Waals surface area (Å²) in [6.45, 7) is 5.97. The Hall–Kier alpha value is -0.930. The number of aromatic nitrogens is 1. The standard InChI is InChI=1S/C16H24N2O/c1-3-19-15-10-14(16(15)7-5-8-16)18-11-13-12(2)6-4-9-17-13/h4,6,9,14-15,18H,3,5,7-8,10-11H2,1-2H3. The predicted octanol–water partition coefficient (Wildman–Crippen LogP) is 2.83. The minimum Gasteiger partial charge on any atom is -0.378 e. The van der Waals surface area contributed by atoms with E-state index in [1.165, 1.54) is 36.9 Å². The molecule has 0 amide bonds. The molecule has 2 fully saturated rings. The number of nitrogens with one attached hydrogen (secondary N) is 1. The average molecular weight is 260 g/mol. The maximum Gasteiger partial charge on any atom is 0.0661 e. The first-order valence-corrected chi connectivity index (χ1v) is 7.52. The van der Waals surface area contributed by atoms with Gasteiger partial charge in [-0.3, -0.25) is 4.98 Å². The van der Waals surface area contributed by atoms with Crippen LogP contribution in [0.1, 0.15) is 43.9 Å². The van der Waals surface area contributed by atoms with Gasteiger partial charge >= 0.3 is 0 Å². The Kier molecular flexibility index (Phi) is 3.59. The highest BCUT2D eigenvalue weighted by Gasteiger charge is 2.58. The van der Waals surface area contributed by atoms with Gasteiger partial charge in [-0.05, 0) is 44.7 Å². The maximum atomic E-state index is 5.89. The smallest absolute Gasteiger partial charge is 0.0661 e. The zero-order valence-corrected chi connectivity index (χ0v) is 12.0. The first kappa shape index (κ1) is 13.1. The van der Waals surface area contributed by atoms with Crippen molar-refractivity contribution < 1.29 is 4.74 Å². The lowest BCUT2D eigenvalue weighted by molar-refractivity contribution is -0.173. The molecule has 1 aromatic heterocycles. The molecule has 1 heterocycles. The maximum absolute atomic E-state index is 5.89. The number of nitrogens with zero attached hydrogens (tertiary/aromatic N) is 1. The first-order valence-electron chi connectivity index (χ1n) is 7.52. The molecule has 104 valence electrons. The molecule has 3 heteroatoms. The lowest BCUT2D eigenvalue weighted by atomic mass is 9.51. The number of hydrogen-bond acceptors (Lipinski definition) is 3. The van der Waals surface area contributed by atoms with Crippen molar-refractivity contribution >= 4 is 0 Å². The summed E-state index contributed by atoms with van der Waals surface area (Å²) in [6, 6.07) is 4.76. The van der Waals surface area contributed by atoms with Gasteiger partial charge in [-0.2, -0.15) is 0 Å². The highest BCUT2D eigenvalue weighted by Crippen LogP contribution is 2.57. The normalized spacial score (nSPS) is 27.9. The molecule has 1 aromatic rings. The van der Waals surface area contributed by atoms with Crippen molar-refractivity contribution in [1.82, 2.24) is 10.3 Å². The molecule has 0 radical (unpaired) electrons. The predicted molar refractivity (Wildman–Crippen MR) is 75.9 cm³/mol. The summed E-state index contributed by atoms with van der Waals surface area (Å²) in [5, 5.41) is 3.71. The van der Waals surface area contributed by atoms with Gasteiger partial charge in [0.1, 0.15) is 0 Å². The van der Waals surface area contributed by atoms with E-state index in [1.54, 1.807) is 0 Å². The summed E-state index contributed by atoms with van der Waals surface area (Å²) in [5.41, 5.74) is 2.90. The summed E-state index contributed by atoms with van der Waals surface area (Å²) >= 11 is 0. The molecule has 2 atom stereocenters. The molecule has 2 aliphatic carbocycles. The van der Waals surface area contributed by atoms with Gasteiger partial charge in [0.05, 0.1) is 11.8 Å². The Morgan fingerprint density at radius 1 is 1.47 bits per heavy atom. The molecule has 1 spiro atoms. The average Bonchev–Trinajstić information content (AvgIpc) is 2.32. The van der Waals surface area contributed by atoms with Gasteiger partial charge in [0, 0.05) is 30.8 Å². The molecule has 0 aliphatic heterocycles. The number of pyridine rings is 1. The molecule has 2 unspecified atom stereocenters. The SMILES string of the molecule is CCOC1CC(NCc2ncccc2C)C12CCC2. The van der Waals surface area contributed by atoms with E-state index >= 15 is 0 Å². The van der Waals surface area contributed by atoms with Crippen LogP contribution < -0.4 is 5.32 Å². The fourth-order valence-electron chi connectivity index (χ4n) is 3.65. The van der Waals surface area contributed by atoms with E-state index in [-0.39, 0.29) is 0 Å². The van der Waals surface area contributed by atoms with Crippen molar-refractivity contribution in [1.29, 1.82) is 0 Å². The van der Waals surface area contributed by atoms with Gasteiger partial charge in [0.2, 0.25) is 0 Å².